The summed E-state index contributed by atoms with van der Waals surface area (Å²) in [7, 11) is 0. The van der Waals surface area contributed by atoms with E-state index in [0.29, 0.717) is 16.3 Å². The van der Waals surface area contributed by atoms with E-state index in [1.807, 2.05) is 0 Å². The van der Waals surface area contributed by atoms with Crippen LogP contribution in [0, 0.1) is 17.7 Å². The minimum absolute atomic E-state index is 0.0510. The molecule has 5 rings (SSSR count). The minimum Gasteiger partial charge on any atom is -0.392 e. The van der Waals surface area contributed by atoms with Crippen molar-refractivity contribution < 1.29 is 23.9 Å². The molecule has 7 nitrogen and oxygen atoms in total. The lowest BCUT2D eigenvalue weighted by molar-refractivity contribution is -0.143. The third-order valence-corrected chi connectivity index (χ3v) is 6.88. The van der Waals surface area contributed by atoms with Gasteiger partial charge in [-0.2, -0.15) is 0 Å². The summed E-state index contributed by atoms with van der Waals surface area (Å²) >= 11 is 6.22. The van der Waals surface area contributed by atoms with Crippen molar-refractivity contribution in [2.45, 2.75) is 31.2 Å². The maximum atomic E-state index is 14.1. The van der Waals surface area contributed by atoms with E-state index in [-0.39, 0.29) is 12.1 Å². The number of aliphatic hydroxyl groups excluding tert-OH is 1. The minimum atomic E-state index is -1.65. The summed E-state index contributed by atoms with van der Waals surface area (Å²) in [6.45, 7) is 1.44. The molecule has 3 aliphatic heterocycles. The summed E-state index contributed by atoms with van der Waals surface area (Å²) in [4.78, 5) is 41.2. The molecule has 2 aromatic carbocycles. The Bertz CT molecular complexity index is 1140. The van der Waals surface area contributed by atoms with Gasteiger partial charge in [-0.05, 0) is 36.8 Å². The van der Waals surface area contributed by atoms with Gasteiger partial charge in [-0.25, -0.2) is 4.39 Å². The van der Waals surface area contributed by atoms with E-state index in [1.54, 1.807) is 24.3 Å². The van der Waals surface area contributed by atoms with Gasteiger partial charge >= 0.3 is 0 Å². The van der Waals surface area contributed by atoms with E-state index < -0.39 is 53.1 Å². The molecule has 3 aliphatic rings. The molecule has 0 aliphatic carbocycles. The number of imide groups is 1. The van der Waals surface area contributed by atoms with E-state index in [1.165, 1.54) is 25.1 Å². The fourth-order valence-electron chi connectivity index (χ4n) is 5.13. The molecule has 1 spiro atoms. The van der Waals surface area contributed by atoms with Crippen LogP contribution in [0.25, 0.3) is 0 Å². The van der Waals surface area contributed by atoms with Crippen molar-refractivity contribution in [1.29, 1.82) is 0 Å². The van der Waals surface area contributed by atoms with Gasteiger partial charge in [0.2, 0.25) is 17.7 Å². The fraction of sp³-hybridized carbons (Fsp3) is 0.318. The van der Waals surface area contributed by atoms with Gasteiger partial charge in [0.25, 0.3) is 0 Å². The van der Waals surface area contributed by atoms with E-state index >= 15 is 0 Å². The highest BCUT2D eigenvalue weighted by Crippen LogP contribution is 2.53. The number of nitrogens with one attached hydrogen (secondary N) is 2. The number of halogens is 2. The molecule has 2 fully saturated rings. The van der Waals surface area contributed by atoms with Crippen molar-refractivity contribution in [2.24, 2.45) is 11.8 Å². The average molecular weight is 444 g/mol. The van der Waals surface area contributed by atoms with Crippen LogP contribution in [-0.4, -0.2) is 39.9 Å². The molecule has 3 unspecified atom stereocenters. The molecule has 160 valence electrons. The second-order valence-corrected chi connectivity index (χ2v) is 8.63. The maximum absolute atomic E-state index is 14.1. The van der Waals surface area contributed by atoms with E-state index in [4.69, 9.17) is 11.6 Å². The molecule has 5 atom stereocenters. The molecule has 9 heteroatoms. The van der Waals surface area contributed by atoms with Crippen LogP contribution >= 0.6 is 11.6 Å². The number of rotatable bonds is 3. The predicted octanol–water partition coefficient (Wildman–Crippen LogP) is 1.78. The molecular formula is C22H19ClFN3O4. The lowest BCUT2D eigenvalue weighted by atomic mass is 9.76. The number of hydrogen-bond acceptors (Lipinski definition) is 5. The van der Waals surface area contributed by atoms with Gasteiger partial charge in [0.1, 0.15) is 11.4 Å². The van der Waals surface area contributed by atoms with E-state index in [9.17, 15) is 23.9 Å². The number of benzene rings is 2. The molecule has 0 aromatic heterocycles. The van der Waals surface area contributed by atoms with Gasteiger partial charge in [0.15, 0.2) is 0 Å². The zero-order valence-electron chi connectivity index (χ0n) is 16.4. The summed E-state index contributed by atoms with van der Waals surface area (Å²) in [6, 6.07) is 9.82. The number of aliphatic hydroxyl groups is 1. The number of nitrogens with zero attached hydrogens (tertiary/aromatic N) is 1. The third kappa shape index (κ3) is 2.68. The average Bonchev–Trinajstić information content (AvgIpc) is 3.31. The first-order chi connectivity index (χ1) is 14.8. The Morgan fingerprint density at radius 3 is 2.65 bits per heavy atom. The second-order valence-electron chi connectivity index (χ2n) is 8.22. The number of fused-ring (bicyclic) bond motifs is 4. The largest absolute Gasteiger partial charge is 0.392 e. The van der Waals surface area contributed by atoms with Crippen LogP contribution in [0.1, 0.15) is 18.1 Å². The molecule has 2 saturated heterocycles. The Hall–Kier alpha value is -2.81. The number of likely N-dealkylation sites (tertiary alicyclic amines) is 1. The van der Waals surface area contributed by atoms with Gasteiger partial charge in [0.05, 0.1) is 24.5 Å². The lowest BCUT2D eigenvalue weighted by Crippen LogP contribution is -2.54. The first kappa shape index (κ1) is 20.1. The summed E-state index contributed by atoms with van der Waals surface area (Å²) in [5.41, 5.74) is -0.431. The molecule has 3 N–H and O–H groups in total. The number of carbonyl (C=O) groups is 3. The van der Waals surface area contributed by atoms with Crippen LogP contribution in [0.4, 0.5) is 10.1 Å². The van der Waals surface area contributed by atoms with Crippen molar-refractivity contribution >= 4 is 35.0 Å². The molecule has 31 heavy (non-hydrogen) atoms. The lowest BCUT2D eigenvalue weighted by Gasteiger charge is -2.30. The first-order valence-electron chi connectivity index (χ1n) is 9.91. The zero-order chi connectivity index (χ0) is 22.1. The SMILES string of the molecule is CC(O)C1NC2(C(=O)Nc3ccc(F)cc32)[C@H]2C(=O)N(Cc3ccccc3Cl)C(=O)[C@@H]12. The monoisotopic (exact) mass is 443 g/mol. The Morgan fingerprint density at radius 1 is 1.19 bits per heavy atom. The Kier molecular flexibility index (Phi) is 4.44. The smallest absolute Gasteiger partial charge is 0.250 e. The maximum Gasteiger partial charge on any atom is 0.250 e. The topological polar surface area (TPSA) is 98.7 Å². The first-order valence-corrected chi connectivity index (χ1v) is 10.3. The summed E-state index contributed by atoms with van der Waals surface area (Å²) < 4.78 is 14.1. The fourth-order valence-corrected chi connectivity index (χ4v) is 5.33. The van der Waals surface area contributed by atoms with Crippen molar-refractivity contribution in [3.05, 3.63) is 64.4 Å². The molecule has 0 radical (unpaired) electrons. The molecule has 0 bridgehead atoms. The summed E-state index contributed by atoms with van der Waals surface area (Å²) in [6.07, 6.45) is -1.03. The second kappa shape index (κ2) is 6.85. The van der Waals surface area contributed by atoms with Crippen LogP contribution in [0.5, 0.6) is 0 Å². The van der Waals surface area contributed by atoms with Crippen molar-refractivity contribution in [3.63, 3.8) is 0 Å². The zero-order valence-corrected chi connectivity index (χ0v) is 17.2. The number of carbonyl (C=O) groups excluding carboxylic acids is 3. The van der Waals surface area contributed by atoms with Crippen molar-refractivity contribution in [3.8, 4) is 0 Å². The Balaban J connectivity index is 1.63. The van der Waals surface area contributed by atoms with Crippen molar-refractivity contribution in [1.82, 2.24) is 10.2 Å². The van der Waals surface area contributed by atoms with Gasteiger partial charge < -0.3 is 10.4 Å². The molecule has 3 heterocycles. The van der Waals surface area contributed by atoms with Gasteiger partial charge in [-0.1, -0.05) is 29.8 Å². The van der Waals surface area contributed by atoms with Crippen LogP contribution in [0.2, 0.25) is 5.02 Å². The Labute approximate surface area is 182 Å². The van der Waals surface area contributed by atoms with Crippen LogP contribution in [-0.2, 0) is 26.5 Å². The van der Waals surface area contributed by atoms with Crippen LogP contribution < -0.4 is 10.6 Å². The van der Waals surface area contributed by atoms with Gasteiger partial charge in [-0.15, -0.1) is 0 Å². The number of anilines is 1. The van der Waals surface area contributed by atoms with Gasteiger partial charge in [0, 0.05) is 22.3 Å². The highest BCUT2D eigenvalue weighted by atomic mass is 35.5. The molecular weight excluding hydrogens is 425 g/mol. The quantitative estimate of drug-likeness (QED) is 0.628. The predicted molar refractivity (Wildman–Crippen MR) is 109 cm³/mol. The normalized spacial score (nSPS) is 30.0. The standard InChI is InChI=1S/C22H19ClFN3O4/c1-10(28)18-16-17(20(30)27(19(16)29)9-11-4-2-3-5-14(11)23)22(26-18)13-8-12(24)6-7-15(13)25-21(22)31/h2-8,10,16-18,26,28H,9H2,1H3,(H,25,31)/t10?,16-,17-,18?,22?/m1/s1. The molecule has 2 aromatic rings. The highest BCUT2D eigenvalue weighted by Gasteiger charge is 2.71. The summed E-state index contributed by atoms with van der Waals surface area (Å²) in [5, 5.41) is 16.5. The third-order valence-electron chi connectivity index (χ3n) is 6.51. The van der Waals surface area contributed by atoms with Crippen molar-refractivity contribution in [2.75, 3.05) is 5.32 Å². The van der Waals surface area contributed by atoms with Crippen LogP contribution in [0.15, 0.2) is 42.5 Å². The van der Waals surface area contributed by atoms with Crippen LogP contribution in [0.3, 0.4) is 0 Å². The molecule has 0 saturated carbocycles. The van der Waals surface area contributed by atoms with Gasteiger partial charge in [-0.3, -0.25) is 24.6 Å². The highest BCUT2D eigenvalue weighted by molar-refractivity contribution is 6.31. The van der Waals surface area contributed by atoms with E-state index in [2.05, 4.69) is 10.6 Å². The summed E-state index contributed by atoms with van der Waals surface area (Å²) in [5.74, 6) is -4.27. The Morgan fingerprint density at radius 2 is 1.94 bits per heavy atom. The van der Waals surface area contributed by atoms with E-state index in [0.717, 1.165) is 4.90 Å². The molecule has 3 amide bonds. The number of hydrogen-bond donors (Lipinski definition) is 3. The number of amides is 3.